The van der Waals surface area contributed by atoms with Gasteiger partial charge in [0.05, 0.1) is 16.9 Å². The minimum atomic E-state index is -3.57. The molecule has 1 saturated heterocycles. The summed E-state index contributed by atoms with van der Waals surface area (Å²) in [6.07, 6.45) is 1.38. The molecule has 1 aliphatic rings. The summed E-state index contributed by atoms with van der Waals surface area (Å²) in [6.45, 7) is 6.72. The predicted octanol–water partition coefficient (Wildman–Crippen LogP) is 3.58. The number of nitrogens with one attached hydrogen (secondary N) is 1. The van der Waals surface area contributed by atoms with E-state index in [9.17, 15) is 13.2 Å². The third-order valence-corrected chi connectivity index (χ3v) is 7.28. The van der Waals surface area contributed by atoms with Gasteiger partial charge in [-0.05, 0) is 56.9 Å². The van der Waals surface area contributed by atoms with Crippen LogP contribution in [0.5, 0.6) is 0 Å². The maximum Gasteiger partial charge on any atom is 0.243 e. The minimum absolute atomic E-state index is 0.0821. The highest BCUT2D eigenvalue weighted by Crippen LogP contribution is 2.25. The number of hydrogen-bond acceptors (Lipinski definition) is 3. The Balaban J connectivity index is 1.70. The van der Waals surface area contributed by atoms with Crippen LogP contribution in [0, 0.1) is 19.8 Å². The van der Waals surface area contributed by atoms with Gasteiger partial charge in [-0.15, -0.1) is 0 Å². The third kappa shape index (κ3) is 4.45. The van der Waals surface area contributed by atoms with Crippen LogP contribution in [0.3, 0.4) is 0 Å². The van der Waals surface area contributed by atoms with E-state index in [0.717, 1.165) is 16.7 Å². The normalized spacial score (nSPS) is 19.2. The molecule has 2 atom stereocenters. The van der Waals surface area contributed by atoms with Crippen LogP contribution in [0.2, 0.25) is 0 Å². The number of benzene rings is 2. The number of carbonyl (C=O) groups excluding carboxylic acids is 1. The monoisotopic (exact) mass is 400 g/mol. The molecule has 0 spiro atoms. The summed E-state index contributed by atoms with van der Waals surface area (Å²) in [5, 5.41) is 3.09. The second-order valence-electron chi connectivity index (χ2n) is 7.61. The highest BCUT2D eigenvalue weighted by Gasteiger charge is 2.33. The van der Waals surface area contributed by atoms with Crippen LogP contribution < -0.4 is 5.32 Å². The summed E-state index contributed by atoms with van der Waals surface area (Å²) in [7, 11) is -3.57. The van der Waals surface area contributed by atoms with Crippen molar-refractivity contribution >= 4 is 15.9 Å². The first-order valence-corrected chi connectivity index (χ1v) is 11.2. The predicted molar refractivity (Wildman–Crippen MR) is 110 cm³/mol. The van der Waals surface area contributed by atoms with Crippen LogP contribution in [0.25, 0.3) is 0 Å². The standard InChI is InChI=1S/C22H28N2O3S/c1-16-11-12-17(2)21(14-16)18(3)23-22(25)19-8-7-13-24(15-19)28(26,27)20-9-5-4-6-10-20/h4-6,9-12,14,18-19H,7-8,13,15H2,1-3H3,(H,23,25)/t18-,19+/m1/s1. The van der Waals surface area contributed by atoms with Gasteiger partial charge in [-0.3, -0.25) is 4.79 Å². The molecule has 0 aliphatic carbocycles. The SMILES string of the molecule is Cc1ccc(C)c([C@@H](C)NC(=O)[C@H]2CCCN(S(=O)(=O)c3ccccc3)C2)c1. The van der Waals surface area contributed by atoms with Gasteiger partial charge >= 0.3 is 0 Å². The maximum atomic E-state index is 12.9. The molecule has 1 heterocycles. The van der Waals surface area contributed by atoms with Crippen LogP contribution >= 0.6 is 0 Å². The molecular weight excluding hydrogens is 372 g/mol. The van der Waals surface area contributed by atoms with Gasteiger partial charge in [0.1, 0.15) is 0 Å². The van der Waals surface area contributed by atoms with Crippen molar-refractivity contribution in [1.82, 2.24) is 9.62 Å². The fraction of sp³-hybridized carbons (Fsp3) is 0.409. The zero-order valence-corrected chi connectivity index (χ0v) is 17.5. The molecule has 0 aromatic heterocycles. The number of carbonyl (C=O) groups is 1. The van der Waals surface area contributed by atoms with Gasteiger partial charge in [0.2, 0.25) is 15.9 Å². The summed E-state index contributed by atoms with van der Waals surface area (Å²) >= 11 is 0. The molecule has 5 nitrogen and oxygen atoms in total. The number of aryl methyl sites for hydroxylation is 2. The van der Waals surface area contributed by atoms with Gasteiger partial charge in [0.25, 0.3) is 0 Å². The zero-order chi connectivity index (χ0) is 20.3. The Morgan fingerprint density at radius 1 is 1.14 bits per heavy atom. The Labute approximate surface area is 167 Å². The van der Waals surface area contributed by atoms with Crippen LogP contribution in [-0.4, -0.2) is 31.7 Å². The lowest BCUT2D eigenvalue weighted by Gasteiger charge is -2.32. The Bertz CT molecular complexity index is 942. The van der Waals surface area contributed by atoms with Crippen LogP contribution in [0.15, 0.2) is 53.4 Å². The third-order valence-electron chi connectivity index (χ3n) is 5.40. The van der Waals surface area contributed by atoms with E-state index in [1.165, 1.54) is 4.31 Å². The topological polar surface area (TPSA) is 66.5 Å². The maximum absolute atomic E-state index is 12.9. The fourth-order valence-electron chi connectivity index (χ4n) is 3.75. The highest BCUT2D eigenvalue weighted by atomic mass is 32.2. The minimum Gasteiger partial charge on any atom is -0.349 e. The zero-order valence-electron chi connectivity index (χ0n) is 16.7. The second kappa shape index (κ2) is 8.45. The summed E-state index contributed by atoms with van der Waals surface area (Å²) < 4.78 is 27.2. The number of hydrogen-bond donors (Lipinski definition) is 1. The molecule has 1 amide bonds. The van der Waals surface area contributed by atoms with Crippen LogP contribution in [0.4, 0.5) is 0 Å². The van der Waals surface area contributed by atoms with Crippen molar-refractivity contribution in [2.24, 2.45) is 5.92 Å². The van der Waals surface area contributed by atoms with Crippen LogP contribution in [0.1, 0.15) is 42.5 Å². The first kappa shape index (κ1) is 20.6. The Kier molecular flexibility index (Phi) is 6.20. The van der Waals surface area contributed by atoms with Gasteiger partial charge in [-0.2, -0.15) is 4.31 Å². The first-order chi connectivity index (χ1) is 13.3. The molecule has 2 aromatic carbocycles. The smallest absolute Gasteiger partial charge is 0.243 e. The molecule has 28 heavy (non-hydrogen) atoms. The lowest BCUT2D eigenvalue weighted by Crippen LogP contribution is -2.45. The Hall–Kier alpha value is -2.18. The van der Waals surface area contributed by atoms with Crippen LogP contribution in [-0.2, 0) is 14.8 Å². The number of nitrogens with zero attached hydrogens (tertiary/aromatic N) is 1. The largest absolute Gasteiger partial charge is 0.349 e. The lowest BCUT2D eigenvalue weighted by atomic mass is 9.96. The van der Waals surface area contributed by atoms with E-state index in [1.54, 1.807) is 30.3 Å². The molecule has 6 heteroatoms. The molecule has 0 unspecified atom stereocenters. The van der Waals surface area contributed by atoms with Crippen molar-refractivity contribution in [3.63, 3.8) is 0 Å². The highest BCUT2D eigenvalue weighted by molar-refractivity contribution is 7.89. The number of amides is 1. The van der Waals surface area contributed by atoms with Gasteiger partial charge in [0.15, 0.2) is 0 Å². The van der Waals surface area contributed by atoms with E-state index in [1.807, 2.05) is 20.8 Å². The summed E-state index contributed by atoms with van der Waals surface area (Å²) in [4.78, 5) is 13.1. The van der Waals surface area contributed by atoms with Gasteiger partial charge < -0.3 is 5.32 Å². The Morgan fingerprint density at radius 2 is 1.86 bits per heavy atom. The molecule has 150 valence electrons. The van der Waals surface area contributed by atoms with Gasteiger partial charge in [0, 0.05) is 13.1 Å². The molecule has 0 bridgehead atoms. The van der Waals surface area contributed by atoms with E-state index in [2.05, 4.69) is 23.5 Å². The number of piperidine rings is 1. The molecule has 3 rings (SSSR count). The van der Waals surface area contributed by atoms with Crippen molar-refractivity contribution in [2.45, 2.75) is 44.6 Å². The molecule has 0 radical (unpaired) electrons. The number of rotatable bonds is 5. The molecule has 1 aliphatic heterocycles. The summed E-state index contributed by atoms with van der Waals surface area (Å²) in [5.74, 6) is -0.416. The second-order valence-corrected chi connectivity index (χ2v) is 9.54. The summed E-state index contributed by atoms with van der Waals surface area (Å²) in [5.41, 5.74) is 3.38. The van der Waals surface area contributed by atoms with E-state index in [-0.39, 0.29) is 29.3 Å². The lowest BCUT2D eigenvalue weighted by molar-refractivity contribution is -0.126. The molecule has 2 aromatic rings. The van der Waals surface area contributed by atoms with Crippen molar-refractivity contribution in [2.75, 3.05) is 13.1 Å². The molecule has 1 fully saturated rings. The van der Waals surface area contributed by atoms with E-state index < -0.39 is 10.0 Å². The van der Waals surface area contributed by atoms with Crippen molar-refractivity contribution in [3.8, 4) is 0 Å². The van der Waals surface area contributed by atoms with E-state index >= 15 is 0 Å². The van der Waals surface area contributed by atoms with Gasteiger partial charge in [-0.25, -0.2) is 8.42 Å². The van der Waals surface area contributed by atoms with Crippen molar-refractivity contribution in [3.05, 3.63) is 65.2 Å². The first-order valence-electron chi connectivity index (χ1n) is 9.72. The van der Waals surface area contributed by atoms with Crippen molar-refractivity contribution in [1.29, 1.82) is 0 Å². The fourth-order valence-corrected chi connectivity index (χ4v) is 5.30. The van der Waals surface area contributed by atoms with Crippen molar-refractivity contribution < 1.29 is 13.2 Å². The molecule has 0 saturated carbocycles. The Morgan fingerprint density at radius 3 is 2.57 bits per heavy atom. The van der Waals surface area contributed by atoms with E-state index in [0.29, 0.717) is 19.4 Å². The summed E-state index contributed by atoms with van der Waals surface area (Å²) in [6, 6.07) is 14.5. The quantitative estimate of drug-likeness (QED) is 0.834. The average molecular weight is 401 g/mol. The van der Waals surface area contributed by atoms with Gasteiger partial charge in [-0.1, -0.05) is 42.0 Å². The molecular formula is C22H28N2O3S. The van der Waals surface area contributed by atoms with E-state index in [4.69, 9.17) is 0 Å². The number of sulfonamides is 1. The molecule has 1 N–H and O–H groups in total. The average Bonchev–Trinajstić information content (AvgIpc) is 2.70.